The molecule has 0 aliphatic rings. The van der Waals surface area contributed by atoms with Gasteiger partial charge in [-0.1, -0.05) is 89.1 Å². The first kappa shape index (κ1) is 23.2. The first-order valence-corrected chi connectivity index (χ1v) is 12.3. The van der Waals surface area contributed by atoms with Gasteiger partial charge in [0.05, 0.1) is 11.4 Å². The molecule has 0 N–H and O–H groups in total. The molecule has 0 fully saturated rings. The molecular weight excluding hydrogens is 376 g/mol. The predicted octanol–water partition coefficient (Wildman–Crippen LogP) is 8.45. The van der Waals surface area contributed by atoms with Gasteiger partial charge in [0.15, 0.2) is 0 Å². The van der Waals surface area contributed by atoms with E-state index in [2.05, 4.69) is 67.4 Å². The third-order valence-corrected chi connectivity index (χ3v) is 6.02. The minimum atomic E-state index is 0.993. The number of rotatable bonds is 13. The quantitative estimate of drug-likeness (QED) is 0.262. The maximum atomic E-state index is 4.70. The predicted molar refractivity (Wildman–Crippen MR) is 133 cm³/mol. The van der Waals surface area contributed by atoms with Crippen LogP contribution in [0.4, 0.5) is 0 Å². The standard InChI is InChI=1S/C29H38N2/c1-3-5-7-8-9-11-12-24-14-17-26(18-15-24)28-21-19-27(23-31-28)29-20-16-25(22-30-29)13-10-6-4-2/h14-23H,3-13H2,1-2H3. The van der Waals surface area contributed by atoms with Crippen LogP contribution in [0.3, 0.4) is 0 Å². The van der Waals surface area contributed by atoms with E-state index in [4.69, 9.17) is 4.98 Å². The Bertz CT molecular complexity index is 864. The molecule has 1 aromatic carbocycles. The third-order valence-electron chi connectivity index (χ3n) is 6.02. The van der Waals surface area contributed by atoms with Gasteiger partial charge in [0.1, 0.15) is 0 Å². The van der Waals surface area contributed by atoms with Crippen LogP contribution in [-0.4, -0.2) is 9.97 Å². The molecule has 31 heavy (non-hydrogen) atoms. The number of benzene rings is 1. The second-order valence-corrected chi connectivity index (χ2v) is 8.66. The smallest absolute Gasteiger partial charge is 0.0717 e. The lowest BCUT2D eigenvalue weighted by molar-refractivity contribution is 0.607. The maximum absolute atomic E-state index is 4.70. The lowest BCUT2D eigenvalue weighted by atomic mass is 10.0. The molecule has 0 atom stereocenters. The van der Waals surface area contributed by atoms with E-state index in [1.54, 1.807) is 0 Å². The summed E-state index contributed by atoms with van der Waals surface area (Å²) in [6.07, 6.45) is 18.1. The van der Waals surface area contributed by atoms with Gasteiger partial charge in [0, 0.05) is 23.5 Å². The molecule has 2 heterocycles. The molecule has 2 aromatic heterocycles. The summed E-state index contributed by atoms with van der Waals surface area (Å²) in [5.74, 6) is 0. The summed E-state index contributed by atoms with van der Waals surface area (Å²) in [5, 5.41) is 0. The molecule has 0 bridgehead atoms. The molecule has 0 aliphatic carbocycles. The van der Waals surface area contributed by atoms with Crippen molar-refractivity contribution >= 4 is 0 Å². The fraction of sp³-hybridized carbons (Fsp3) is 0.448. The Morgan fingerprint density at radius 1 is 0.484 bits per heavy atom. The van der Waals surface area contributed by atoms with Crippen molar-refractivity contribution in [3.63, 3.8) is 0 Å². The van der Waals surface area contributed by atoms with E-state index in [0.717, 1.165) is 23.4 Å². The average molecular weight is 415 g/mol. The van der Waals surface area contributed by atoms with Crippen molar-refractivity contribution in [2.75, 3.05) is 0 Å². The normalized spacial score (nSPS) is 11.0. The van der Waals surface area contributed by atoms with E-state index in [9.17, 15) is 0 Å². The summed E-state index contributed by atoms with van der Waals surface area (Å²) in [6.45, 7) is 4.51. The summed E-state index contributed by atoms with van der Waals surface area (Å²) in [5.41, 5.74) is 7.02. The first-order valence-electron chi connectivity index (χ1n) is 12.3. The number of aryl methyl sites for hydroxylation is 2. The summed E-state index contributed by atoms with van der Waals surface area (Å²) < 4.78 is 0. The highest BCUT2D eigenvalue weighted by Gasteiger charge is 2.04. The van der Waals surface area contributed by atoms with Gasteiger partial charge in [-0.2, -0.15) is 0 Å². The number of hydrogen-bond donors (Lipinski definition) is 0. The zero-order chi connectivity index (χ0) is 21.7. The molecule has 0 unspecified atom stereocenters. The van der Waals surface area contributed by atoms with Gasteiger partial charge in [-0.3, -0.25) is 9.97 Å². The Balaban J connectivity index is 1.52. The second kappa shape index (κ2) is 13.0. The van der Waals surface area contributed by atoms with Gasteiger partial charge in [0.2, 0.25) is 0 Å². The van der Waals surface area contributed by atoms with E-state index >= 15 is 0 Å². The molecule has 2 heteroatoms. The van der Waals surface area contributed by atoms with Crippen molar-refractivity contribution in [1.29, 1.82) is 0 Å². The maximum Gasteiger partial charge on any atom is 0.0717 e. The van der Waals surface area contributed by atoms with Gasteiger partial charge in [0.25, 0.3) is 0 Å². The zero-order valence-electron chi connectivity index (χ0n) is 19.4. The Kier molecular flexibility index (Phi) is 9.76. The van der Waals surface area contributed by atoms with Crippen molar-refractivity contribution in [2.24, 2.45) is 0 Å². The Morgan fingerprint density at radius 2 is 1.00 bits per heavy atom. The monoisotopic (exact) mass is 414 g/mol. The van der Waals surface area contributed by atoms with Gasteiger partial charge < -0.3 is 0 Å². The molecule has 0 aliphatic heterocycles. The van der Waals surface area contributed by atoms with E-state index in [-0.39, 0.29) is 0 Å². The van der Waals surface area contributed by atoms with Crippen molar-refractivity contribution in [3.8, 4) is 22.5 Å². The molecule has 0 amide bonds. The highest BCUT2D eigenvalue weighted by atomic mass is 14.7. The zero-order valence-corrected chi connectivity index (χ0v) is 19.4. The second-order valence-electron chi connectivity index (χ2n) is 8.66. The Hall–Kier alpha value is -2.48. The fourth-order valence-corrected chi connectivity index (χ4v) is 3.99. The average Bonchev–Trinajstić information content (AvgIpc) is 2.82. The minimum absolute atomic E-state index is 0.993. The van der Waals surface area contributed by atoms with Crippen LogP contribution in [0, 0.1) is 0 Å². The van der Waals surface area contributed by atoms with Crippen LogP contribution in [0.2, 0.25) is 0 Å². The van der Waals surface area contributed by atoms with Crippen LogP contribution in [0.5, 0.6) is 0 Å². The van der Waals surface area contributed by atoms with Crippen LogP contribution >= 0.6 is 0 Å². The summed E-state index contributed by atoms with van der Waals surface area (Å²) in [6, 6.07) is 17.5. The molecule has 0 saturated carbocycles. The number of nitrogens with zero attached hydrogens (tertiary/aromatic N) is 2. The summed E-state index contributed by atoms with van der Waals surface area (Å²) >= 11 is 0. The first-order chi connectivity index (χ1) is 15.3. The lowest BCUT2D eigenvalue weighted by Crippen LogP contribution is -1.91. The molecule has 0 saturated heterocycles. The highest BCUT2D eigenvalue weighted by molar-refractivity contribution is 5.64. The molecule has 2 nitrogen and oxygen atoms in total. The van der Waals surface area contributed by atoms with Crippen LogP contribution in [-0.2, 0) is 12.8 Å². The van der Waals surface area contributed by atoms with Crippen LogP contribution in [0.15, 0.2) is 60.9 Å². The lowest BCUT2D eigenvalue weighted by Gasteiger charge is -2.07. The van der Waals surface area contributed by atoms with E-state index in [1.165, 1.54) is 80.9 Å². The molecule has 3 rings (SSSR count). The topological polar surface area (TPSA) is 25.8 Å². The number of pyridine rings is 2. The summed E-state index contributed by atoms with van der Waals surface area (Å²) in [7, 11) is 0. The Labute approximate surface area is 189 Å². The van der Waals surface area contributed by atoms with Crippen molar-refractivity contribution in [3.05, 3.63) is 72.1 Å². The Morgan fingerprint density at radius 3 is 1.68 bits per heavy atom. The molecular formula is C29H38N2. The molecule has 0 radical (unpaired) electrons. The minimum Gasteiger partial charge on any atom is -0.256 e. The fourth-order valence-electron chi connectivity index (χ4n) is 3.99. The van der Waals surface area contributed by atoms with E-state index in [1.807, 2.05) is 12.4 Å². The molecule has 0 spiro atoms. The van der Waals surface area contributed by atoms with E-state index < -0.39 is 0 Å². The van der Waals surface area contributed by atoms with Gasteiger partial charge in [-0.25, -0.2) is 0 Å². The van der Waals surface area contributed by atoms with Crippen LogP contribution in [0.1, 0.15) is 82.8 Å². The number of aromatic nitrogens is 2. The third kappa shape index (κ3) is 7.61. The highest BCUT2D eigenvalue weighted by Crippen LogP contribution is 2.23. The number of unbranched alkanes of at least 4 members (excludes halogenated alkanes) is 7. The van der Waals surface area contributed by atoms with Gasteiger partial charge in [-0.15, -0.1) is 0 Å². The van der Waals surface area contributed by atoms with Crippen LogP contribution < -0.4 is 0 Å². The molecule has 164 valence electrons. The van der Waals surface area contributed by atoms with Crippen molar-refractivity contribution in [1.82, 2.24) is 9.97 Å². The molecule has 3 aromatic rings. The van der Waals surface area contributed by atoms with Crippen molar-refractivity contribution in [2.45, 2.75) is 84.5 Å². The van der Waals surface area contributed by atoms with Gasteiger partial charge >= 0.3 is 0 Å². The largest absolute Gasteiger partial charge is 0.256 e. The number of hydrogen-bond acceptors (Lipinski definition) is 2. The van der Waals surface area contributed by atoms with Crippen molar-refractivity contribution < 1.29 is 0 Å². The van der Waals surface area contributed by atoms with Gasteiger partial charge in [-0.05, 0) is 55.0 Å². The summed E-state index contributed by atoms with van der Waals surface area (Å²) in [4.78, 5) is 9.36. The van der Waals surface area contributed by atoms with Crippen LogP contribution in [0.25, 0.3) is 22.5 Å². The SMILES string of the molecule is CCCCCCCCc1ccc(-c2ccc(-c3ccc(CCCCC)cn3)cn2)cc1. The van der Waals surface area contributed by atoms with E-state index in [0.29, 0.717) is 0 Å².